The van der Waals surface area contributed by atoms with Crippen molar-refractivity contribution in [1.29, 1.82) is 0 Å². The third-order valence-corrected chi connectivity index (χ3v) is 6.26. The first-order valence-corrected chi connectivity index (χ1v) is 13.8. The van der Waals surface area contributed by atoms with Crippen molar-refractivity contribution in [3.8, 4) is 0 Å². The second-order valence-corrected chi connectivity index (χ2v) is 9.78. The summed E-state index contributed by atoms with van der Waals surface area (Å²) < 4.78 is 10.4. The van der Waals surface area contributed by atoms with E-state index in [9.17, 15) is 9.59 Å². The quantitative estimate of drug-likeness (QED) is 0.115. The van der Waals surface area contributed by atoms with Crippen LogP contribution in [0.4, 0.5) is 0 Å². The summed E-state index contributed by atoms with van der Waals surface area (Å²) >= 11 is 0. The van der Waals surface area contributed by atoms with Crippen LogP contribution < -0.4 is 0 Å². The summed E-state index contributed by atoms with van der Waals surface area (Å²) in [5.41, 5.74) is 0. The third-order valence-electron chi connectivity index (χ3n) is 6.26. The van der Waals surface area contributed by atoms with Gasteiger partial charge in [0.2, 0.25) is 0 Å². The molecule has 190 valence electrons. The van der Waals surface area contributed by atoms with Gasteiger partial charge in [-0.25, -0.2) is 0 Å². The number of rotatable bonds is 23. The zero-order valence-corrected chi connectivity index (χ0v) is 21.9. The van der Waals surface area contributed by atoms with Gasteiger partial charge in [-0.05, 0) is 37.5 Å². The standard InChI is InChI=1S/C28H54O4/c1-5-22-31-27(29)21-19-17-15-13-11-9-7-8-10-12-14-16-18-20-26(25(3)4)24-28(30)32-23-6-2/h25-26H,5-24H2,1-4H3. The van der Waals surface area contributed by atoms with Gasteiger partial charge in [0, 0.05) is 12.8 Å². The summed E-state index contributed by atoms with van der Waals surface area (Å²) in [5.74, 6) is 0.970. The summed E-state index contributed by atoms with van der Waals surface area (Å²) in [7, 11) is 0. The van der Waals surface area contributed by atoms with Crippen molar-refractivity contribution in [2.45, 2.75) is 143 Å². The SMILES string of the molecule is CCCOC(=O)CCCCCCCCCCCCCCCC(CC(=O)OCCC)C(C)C. The van der Waals surface area contributed by atoms with Gasteiger partial charge in [-0.15, -0.1) is 0 Å². The van der Waals surface area contributed by atoms with Crippen LogP contribution in [0, 0.1) is 11.8 Å². The maximum Gasteiger partial charge on any atom is 0.306 e. The molecule has 0 fully saturated rings. The Labute approximate surface area is 199 Å². The fourth-order valence-corrected chi connectivity index (χ4v) is 4.07. The Balaban J connectivity index is 3.42. The van der Waals surface area contributed by atoms with E-state index in [2.05, 4.69) is 13.8 Å². The lowest BCUT2D eigenvalue weighted by Crippen LogP contribution is -2.16. The van der Waals surface area contributed by atoms with Gasteiger partial charge in [0.1, 0.15) is 0 Å². The first-order valence-electron chi connectivity index (χ1n) is 13.8. The van der Waals surface area contributed by atoms with Crippen LogP contribution in [0.15, 0.2) is 0 Å². The van der Waals surface area contributed by atoms with Crippen molar-refractivity contribution in [3.05, 3.63) is 0 Å². The fourth-order valence-electron chi connectivity index (χ4n) is 4.07. The Morgan fingerprint density at radius 1 is 0.594 bits per heavy atom. The molecule has 1 atom stereocenters. The number of hydrogen-bond donors (Lipinski definition) is 0. The molecule has 0 rings (SSSR count). The highest BCUT2D eigenvalue weighted by Gasteiger charge is 2.18. The van der Waals surface area contributed by atoms with Crippen molar-refractivity contribution in [1.82, 2.24) is 0 Å². The summed E-state index contributed by atoms with van der Waals surface area (Å²) in [4.78, 5) is 23.3. The molecule has 0 bridgehead atoms. The van der Waals surface area contributed by atoms with Crippen LogP contribution in [0.3, 0.4) is 0 Å². The molecular formula is C28H54O4. The Hall–Kier alpha value is -1.06. The molecule has 0 aromatic carbocycles. The lowest BCUT2D eigenvalue weighted by atomic mass is 9.87. The molecular weight excluding hydrogens is 400 g/mol. The molecule has 0 saturated heterocycles. The topological polar surface area (TPSA) is 52.6 Å². The van der Waals surface area contributed by atoms with Crippen LogP contribution in [-0.4, -0.2) is 25.2 Å². The largest absolute Gasteiger partial charge is 0.466 e. The molecule has 0 spiro atoms. The van der Waals surface area contributed by atoms with Crippen LogP contribution in [0.2, 0.25) is 0 Å². The van der Waals surface area contributed by atoms with E-state index in [-0.39, 0.29) is 11.9 Å². The van der Waals surface area contributed by atoms with Crippen molar-refractivity contribution in [3.63, 3.8) is 0 Å². The van der Waals surface area contributed by atoms with Crippen molar-refractivity contribution in [2.75, 3.05) is 13.2 Å². The van der Waals surface area contributed by atoms with E-state index in [4.69, 9.17) is 9.47 Å². The van der Waals surface area contributed by atoms with Gasteiger partial charge in [-0.1, -0.05) is 105 Å². The van der Waals surface area contributed by atoms with Crippen molar-refractivity contribution >= 4 is 11.9 Å². The Bertz CT molecular complexity index is 433. The number of carbonyl (C=O) groups excluding carboxylic acids is 2. The smallest absolute Gasteiger partial charge is 0.306 e. The molecule has 0 radical (unpaired) electrons. The number of carbonyl (C=O) groups is 2. The maximum absolute atomic E-state index is 11.9. The second kappa shape index (κ2) is 23.1. The molecule has 4 nitrogen and oxygen atoms in total. The van der Waals surface area contributed by atoms with Gasteiger partial charge < -0.3 is 9.47 Å². The molecule has 0 aliphatic rings. The Kier molecular flexibility index (Phi) is 22.3. The highest BCUT2D eigenvalue weighted by molar-refractivity contribution is 5.69. The molecule has 0 aliphatic heterocycles. The van der Waals surface area contributed by atoms with E-state index in [1.807, 2.05) is 13.8 Å². The molecule has 0 heterocycles. The summed E-state index contributed by atoms with van der Waals surface area (Å²) in [6.07, 6.45) is 20.8. The van der Waals surface area contributed by atoms with E-state index in [1.54, 1.807) is 0 Å². The predicted molar refractivity (Wildman–Crippen MR) is 135 cm³/mol. The molecule has 0 amide bonds. The lowest BCUT2D eigenvalue weighted by Gasteiger charge is -2.20. The zero-order valence-electron chi connectivity index (χ0n) is 21.9. The van der Waals surface area contributed by atoms with Crippen LogP contribution in [0.25, 0.3) is 0 Å². The van der Waals surface area contributed by atoms with Crippen LogP contribution >= 0.6 is 0 Å². The number of esters is 2. The predicted octanol–water partition coefficient (Wildman–Crippen LogP) is 8.41. The summed E-state index contributed by atoms with van der Waals surface area (Å²) in [5, 5.41) is 0. The molecule has 0 aliphatic carbocycles. The average Bonchev–Trinajstić information content (AvgIpc) is 2.77. The lowest BCUT2D eigenvalue weighted by molar-refractivity contribution is -0.145. The Morgan fingerprint density at radius 3 is 1.44 bits per heavy atom. The van der Waals surface area contributed by atoms with Crippen LogP contribution in [0.1, 0.15) is 143 Å². The van der Waals surface area contributed by atoms with Gasteiger partial charge in [0.05, 0.1) is 13.2 Å². The minimum Gasteiger partial charge on any atom is -0.466 e. The van der Waals surface area contributed by atoms with Gasteiger partial charge in [-0.2, -0.15) is 0 Å². The average molecular weight is 455 g/mol. The van der Waals surface area contributed by atoms with Crippen LogP contribution in [-0.2, 0) is 19.1 Å². The molecule has 32 heavy (non-hydrogen) atoms. The maximum atomic E-state index is 11.9. The summed E-state index contributed by atoms with van der Waals surface area (Å²) in [6, 6.07) is 0. The highest BCUT2D eigenvalue weighted by Crippen LogP contribution is 2.23. The zero-order chi connectivity index (χ0) is 23.9. The number of ether oxygens (including phenoxy) is 2. The van der Waals surface area contributed by atoms with Crippen molar-refractivity contribution in [2.24, 2.45) is 11.8 Å². The van der Waals surface area contributed by atoms with E-state index < -0.39 is 0 Å². The minimum atomic E-state index is -0.0290. The first-order chi connectivity index (χ1) is 15.5. The van der Waals surface area contributed by atoms with E-state index >= 15 is 0 Å². The second-order valence-electron chi connectivity index (χ2n) is 9.78. The van der Waals surface area contributed by atoms with Crippen LogP contribution in [0.5, 0.6) is 0 Å². The highest BCUT2D eigenvalue weighted by atomic mass is 16.5. The number of hydrogen-bond acceptors (Lipinski definition) is 4. The van der Waals surface area contributed by atoms with Gasteiger partial charge in [-0.3, -0.25) is 9.59 Å². The molecule has 0 aromatic heterocycles. The third kappa shape index (κ3) is 20.8. The monoisotopic (exact) mass is 454 g/mol. The fraction of sp³-hybridized carbons (Fsp3) is 0.929. The normalized spacial score (nSPS) is 12.2. The summed E-state index contributed by atoms with van der Waals surface area (Å²) in [6.45, 7) is 9.63. The van der Waals surface area contributed by atoms with E-state index in [0.29, 0.717) is 37.9 Å². The molecule has 4 heteroatoms. The first kappa shape index (κ1) is 30.9. The molecule has 0 N–H and O–H groups in total. The van der Waals surface area contributed by atoms with Crippen molar-refractivity contribution < 1.29 is 19.1 Å². The molecule has 0 aromatic rings. The molecule has 0 saturated carbocycles. The molecule has 1 unspecified atom stereocenters. The number of unbranched alkanes of at least 4 members (excludes halogenated alkanes) is 12. The minimum absolute atomic E-state index is 0.0161. The Morgan fingerprint density at radius 2 is 1.00 bits per heavy atom. The van der Waals surface area contributed by atoms with E-state index in [1.165, 1.54) is 70.6 Å². The van der Waals surface area contributed by atoms with Gasteiger partial charge in [0.15, 0.2) is 0 Å². The van der Waals surface area contributed by atoms with Gasteiger partial charge in [0.25, 0.3) is 0 Å². The van der Waals surface area contributed by atoms with E-state index in [0.717, 1.165) is 32.1 Å². The van der Waals surface area contributed by atoms with Gasteiger partial charge >= 0.3 is 11.9 Å².